The van der Waals surface area contributed by atoms with E-state index >= 15 is 0 Å². The number of carbonyl (C=O) groups is 4. The van der Waals surface area contributed by atoms with Gasteiger partial charge < -0.3 is 25.7 Å². The average Bonchev–Trinajstić information content (AvgIpc) is 2.65. The highest BCUT2D eigenvalue weighted by molar-refractivity contribution is 5.90. The largest absolute Gasteiger partial charge is 0.481 e. The van der Waals surface area contributed by atoms with Crippen LogP contribution in [0.2, 0.25) is 0 Å². The number of nitrogens with one attached hydrogen (secondary N) is 2. The minimum atomic E-state index is -1.32. The van der Waals surface area contributed by atoms with Gasteiger partial charge in [0, 0.05) is 20.0 Å². The van der Waals surface area contributed by atoms with Crippen LogP contribution < -0.4 is 10.6 Å². The Labute approximate surface area is 114 Å². The molecule has 0 bridgehead atoms. The Morgan fingerprint density at radius 2 is 2.05 bits per heavy atom. The number of rotatable bonds is 6. The zero-order valence-corrected chi connectivity index (χ0v) is 11.0. The Kier molecular flexibility index (Phi) is 5.30. The fraction of sp³-hybridized carbons (Fsp3) is 0.636. The second kappa shape index (κ2) is 6.73. The SMILES string of the molecule is CN1CCC(NC(=O)N[C@@H](CCC(=O)O)C(=O)O)C1=O. The predicted molar refractivity (Wildman–Crippen MR) is 66.0 cm³/mol. The summed E-state index contributed by atoms with van der Waals surface area (Å²) in [5.41, 5.74) is 0. The molecular formula is C11H17N3O6. The first-order chi connectivity index (χ1) is 9.31. The third kappa shape index (κ3) is 4.41. The Balaban J connectivity index is 2.48. The lowest BCUT2D eigenvalue weighted by Gasteiger charge is -2.17. The number of hydrogen-bond donors (Lipinski definition) is 4. The Bertz CT molecular complexity index is 424. The first kappa shape index (κ1) is 15.7. The summed E-state index contributed by atoms with van der Waals surface area (Å²) in [7, 11) is 1.61. The molecule has 20 heavy (non-hydrogen) atoms. The molecule has 1 aliphatic rings. The first-order valence-corrected chi connectivity index (χ1v) is 6.08. The van der Waals surface area contributed by atoms with Crippen LogP contribution in [0.1, 0.15) is 19.3 Å². The number of nitrogens with zero attached hydrogens (tertiary/aromatic N) is 1. The lowest BCUT2D eigenvalue weighted by molar-refractivity contribution is -0.140. The summed E-state index contributed by atoms with van der Waals surface area (Å²) in [5, 5.41) is 21.9. The van der Waals surface area contributed by atoms with Crippen LogP contribution in [0.4, 0.5) is 4.79 Å². The highest BCUT2D eigenvalue weighted by atomic mass is 16.4. The summed E-state index contributed by atoms with van der Waals surface area (Å²) in [5.74, 6) is -2.71. The lowest BCUT2D eigenvalue weighted by Crippen LogP contribution is -2.50. The van der Waals surface area contributed by atoms with Crippen molar-refractivity contribution < 1.29 is 29.4 Å². The van der Waals surface area contributed by atoms with Crippen LogP contribution in [0.3, 0.4) is 0 Å². The zero-order valence-electron chi connectivity index (χ0n) is 11.0. The van der Waals surface area contributed by atoms with Gasteiger partial charge in [-0.2, -0.15) is 0 Å². The van der Waals surface area contributed by atoms with Crippen molar-refractivity contribution in [1.82, 2.24) is 15.5 Å². The Hall–Kier alpha value is -2.32. The molecule has 3 amide bonds. The van der Waals surface area contributed by atoms with Crippen LogP contribution in [-0.4, -0.2) is 64.7 Å². The molecule has 0 saturated carbocycles. The first-order valence-electron chi connectivity index (χ1n) is 6.08. The fourth-order valence-electron chi connectivity index (χ4n) is 1.84. The summed E-state index contributed by atoms with van der Waals surface area (Å²) < 4.78 is 0. The third-order valence-electron chi connectivity index (χ3n) is 2.98. The van der Waals surface area contributed by atoms with Gasteiger partial charge in [0.15, 0.2) is 0 Å². The molecule has 1 heterocycles. The second-order valence-corrected chi connectivity index (χ2v) is 4.54. The molecule has 0 radical (unpaired) electrons. The molecule has 1 rings (SSSR count). The van der Waals surface area contributed by atoms with Crippen LogP contribution >= 0.6 is 0 Å². The van der Waals surface area contributed by atoms with Crippen LogP contribution in [0, 0.1) is 0 Å². The fourth-order valence-corrected chi connectivity index (χ4v) is 1.84. The third-order valence-corrected chi connectivity index (χ3v) is 2.98. The second-order valence-electron chi connectivity index (χ2n) is 4.54. The van der Waals surface area contributed by atoms with Crippen molar-refractivity contribution in [2.24, 2.45) is 0 Å². The maximum atomic E-state index is 11.6. The summed E-state index contributed by atoms with van der Waals surface area (Å²) in [6.07, 6.45) is -0.144. The molecule has 0 aromatic heterocycles. The molecule has 1 saturated heterocycles. The van der Waals surface area contributed by atoms with Crippen molar-refractivity contribution in [1.29, 1.82) is 0 Å². The molecule has 1 unspecified atom stereocenters. The monoisotopic (exact) mass is 287 g/mol. The number of hydrogen-bond acceptors (Lipinski definition) is 4. The van der Waals surface area contributed by atoms with E-state index in [1.54, 1.807) is 7.05 Å². The summed E-state index contributed by atoms with van der Waals surface area (Å²) in [6.45, 7) is 0.519. The van der Waals surface area contributed by atoms with Gasteiger partial charge in [-0.15, -0.1) is 0 Å². The van der Waals surface area contributed by atoms with E-state index in [4.69, 9.17) is 10.2 Å². The van der Waals surface area contributed by atoms with Gasteiger partial charge in [-0.05, 0) is 12.8 Å². The molecule has 2 atom stereocenters. The van der Waals surface area contributed by atoms with Crippen molar-refractivity contribution in [2.75, 3.05) is 13.6 Å². The highest BCUT2D eigenvalue weighted by Gasteiger charge is 2.31. The number of likely N-dealkylation sites (tertiary alicyclic amines) is 1. The van der Waals surface area contributed by atoms with E-state index in [9.17, 15) is 19.2 Å². The molecule has 0 aliphatic carbocycles. The summed E-state index contributed by atoms with van der Waals surface area (Å²) in [4.78, 5) is 45.9. The maximum Gasteiger partial charge on any atom is 0.326 e. The van der Waals surface area contributed by atoms with Gasteiger partial charge in [0.05, 0.1) is 0 Å². The highest BCUT2D eigenvalue weighted by Crippen LogP contribution is 2.08. The van der Waals surface area contributed by atoms with Crippen molar-refractivity contribution in [3.8, 4) is 0 Å². The van der Waals surface area contributed by atoms with Crippen molar-refractivity contribution >= 4 is 23.9 Å². The molecule has 1 aliphatic heterocycles. The normalized spacial score (nSPS) is 19.6. The standard InChI is InChI=1S/C11H17N3O6/c1-14-5-4-6(9(14)17)12-11(20)13-7(10(18)19)2-3-8(15)16/h6-7H,2-5H2,1H3,(H,15,16)(H,18,19)(H2,12,13,20)/t6?,7-/m0/s1. The van der Waals surface area contributed by atoms with E-state index < -0.39 is 30.1 Å². The molecular weight excluding hydrogens is 270 g/mol. The van der Waals surface area contributed by atoms with E-state index in [1.165, 1.54) is 4.90 Å². The van der Waals surface area contributed by atoms with Crippen molar-refractivity contribution in [3.05, 3.63) is 0 Å². The Morgan fingerprint density at radius 1 is 1.40 bits per heavy atom. The zero-order chi connectivity index (χ0) is 15.3. The smallest absolute Gasteiger partial charge is 0.326 e. The number of aliphatic carboxylic acids is 2. The number of urea groups is 1. The minimum absolute atomic E-state index is 0.226. The predicted octanol–water partition coefficient (Wildman–Crippen LogP) is -1.17. The molecule has 0 aromatic rings. The molecule has 9 heteroatoms. The van der Waals surface area contributed by atoms with Crippen molar-refractivity contribution in [2.45, 2.75) is 31.3 Å². The number of carbonyl (C=O) groups excluding carboxylic acids is 2. The van der Waals surface area contributed by atoms with Gasteiger partial charge in [-0.3, -0.25) is 9.59 Å². The van der Waals surface area contributed by atoms with Crippen LogP contribution in [0.15, 0.2) is 0 Å². The lowest BCUT2D eigenvalue weighted by atomic mass is 10.1. The van der Waals surface area contributed by atoms with Gasteiger partial charge in [0.1, 0.15) is 12.1 Å². The molecule has 112 valence electrons. The van der Waals surface area contributed by atoms with Gasteiger partial charge in [-0.1, -0.05) is 0 Å². The molecule has 0 aromatic carbocycles. The van der Waals surface area contributed by atoms with Gasteiger partial charge >= 0.3 is 18.0 Å². The van der Waals surface area contributed by atoms with Crippen LogP contribution in [-0.2, 0) is 14.4 Å². The number of carboxylic acids is 2. The molecule has 0 spiro atoms. The van der Waals surface area contributed by atoms with Crippen LogP contribution in [0.5, 0.6) is 0 Å². The number of carboxylic acid groups (broad SMARTS) is 2. The van der Waals surface area contributed by atoms with Crippen molar-refractivity contribution in [3.63, 3.8) is 0 Å². The molecule has 9 nitrogen and oxygen atoms in total. The average molecular weight is 287 g/mol. The summed E-state index contributed by atoms with van der Waals surface area (Å²) >= 11 is 0. The van der Waals surface area contributed by atoms with E-state index in [-0.39, 0.29) is 18.7 Å². The quantitative estimate of drug-likeness (QED) is 0.486. The molecule has 1 fully saturated rings. The topological polar surface area (TPSA) is 136 Å². The maximum absolute atomic E-state index is 11.6. The van der Waals surface area contributed by atoms with E-state index in [1.807, 2.05) is 0 Å². The minimum Gasteiger partial charge on any atom is -0.481 e. The Morgan fingerprint density at radius 3 is 2.50 bits per heavy atom. The van der Waals surface area contributed by atoms with E-state index in [0.717, 1.165) is 0 Å². The molecule has 4 N–H and O–H groups in total. The summed E-state index contributed by atoms with van der Waals surface area (Å²) in [6, 6.07) is -2.77. The number of likely N-dealkylation sites (N-methyl/N-ethyl adjacent to an activating group) is 1. The van der Waals surface area contributed by atoms with Gasteiger partial charge in [0.25, 0.3) is 0 Å². The van der Waals surface area contributed by atoms with Gasteiger partial charge in [0.2, 0.25) is 5.91 Å². The van der Waals surface area contributed by atoms with Crippen LogP contribution in [0.25, 0.3) is 0 Å². The van der Waals surface area contributed by atoms with E-state index in [0.29, 0.717) is 13.0 Å². The van der Waals surface area contributed by atoms with E-state index in [2.05, 4.69) is 10.6 Å². The van der Waals surface area contributed by atoms with Gasteiger partial charge in [-0.25, -0.2) is 9.59 Å². The number of amides is 3.